The molecule has 0 radical (unpaired) electrons. The summed E-state index contributed by atoms with van der Waals surface area (Å²) in [6.07, 6.45) is -1.73. The molecule has 1 aliphatic heterocycles. The van der Waals surface area contributed by atoms with Crippen LogP contribution in [0.15, 0.2) is 29.0 Å². The third-order valence-electron chi connectivity index (χ3n) is 5.73. The van der Waals surface area contributed by atoms with E-state index in [4.69, 9.17) is 19.8 Å². The number of rotatable bonds is 12. The number of nitrogens with zero attached hydrogens (tertiary/aromatic N) is 3. The second-order valence-electron chi connectivity index (χ2n) is 8.66. The highest BCUT2D eigenvalue weighted by Crippen LogP contribution is 2.27. The molecule has 10 nitrogen and oxygen atoms in total. The Bertz CT molecular complexity index is 1460. The molecule has 2 unspecified atom stereocenters. The second-order valence-corrected chi connectivity index (χ2v) is 10.4. The fraction of sp³-hybridized carbons (Fsp3) is 0.667. The Kier molecular flexibility index (Phi) is 5.49. The molecule has 11 heteroatoms. The number of anilines is 1. The molecule has 0 saturated carbocycles. The van der Waals surface area contributed by atoms with Crippen LogP contribution in [0.3, 0.4) is 0 Å². The average molecular weight is 520 g/mol. The Morgan fingerprint density at radius 3 is 2.97 bits per heavy atom. The lowest BCUT2D eigenvalue weighted by Gasteiger charge is -2.25. The third kappa shape index (κ3) is 7.16. The van der Waals surface area contributed by atoms with E-state index in [-0.39, 0.29) is 23.2 Å². The van der Waals surface area contributed by atoms with Crippen LogP contribution in [-0.4, -0.2) is 73.9 Å². The van der Waals surface area contributed by atoms with Crippen molar-refractivity contribution in [3.8, 4) is 0 Å². The van der Waals surface area contributed by atoms with Gasteiger partial charge in [0.1, 0.15) is 11.8 Å². The summed E-state index contributed by atoms with van der Waals surface area (Å²) in [5.41, 5.74) is -1.41. The molecule has 0 spiro atoms. The maximum Gasteiger partial charge on any atom is 0.271 e. The quantitative estimate of drug-likeness (QED) is 0.388. The molecule has 2 atom stereocenters. The van der Waals surface area contributed by atoms with Crippen molar-refractivity contribution < 1.29 is 33.0 Å². The molecule has 3 rings (SSSR count). The molecular formula is C24H40N6O4S. The summed E-state index contributed by atoms with van der Waals surface area (Å²) in [5.74, 6) is -0.893. The molecule has 1 aromatic rings. The molecule has 196 valence electrons. The first-order valence-electron chi connectivity index (χ1n) is 16.8. The van der Waals surface area contributed by atoms with Gasteiger partial charge in [-0.1, -0.05) is 12.9 Å². The van der Waals surface area contributed by atoms with Crippen molar-refractivity contribution in [2.45, 2.75) is 70.9 Å². The fourth-order valence-electron chi connectivity index (χ4n) is 3.98. The van der Waals surface area contributed by atoms with Crippen LogP contribution in [0, 0.1) is 0 Å². The van der Waals surface area contributed by atoms with E-state index >= 15 is 0 Å². The molecule has 1 aromatic heterocycles. The number of carbonyl (C=O) groups is 1. The van der Waals surface area contributed by atoms with E-state index < -0.39 is 72.6 Å². The molecular weight excluding hydrogens is 468 g/mol. The number of aromatic nitrogens is 2. The Morgan fingerprint density at radius 1 is 1.46 bits per heavy atom. The van der Waals surface area contributed by atoms with E-state index in [1.165, 1.54) is 0 Å². The van der Waals surface area contributed by atoms with Gasteiger partial charge in [0.15, 0.2) is 0 Å². The van der Waals surface area contributed by atoms with Gasteiger partial charge in [-0.3, -0.25) is 9.48 Å². The number of ether oxygens (including phenoxy) is 1. The first kappa shape index (κ1) is 15.8. The highest BCUT2D eigenvalue weighted by molar-refractivity contribution is 7.93. The van der Waals surface area contributed by atoms with Crippen molar-refractivity contribution in [2.24, 2.45) is 6.98 Å². The maximum absolute atomic E-state index is 13.3. The van der Waals surface area contributed by atoms with Crippen LogP contribution in [0.5, 0.6) is 0 Å². The predicted molar refractivity (Wildman–Crippen MR) is 137 cm³/mol. The first-order chi connectivity index (χ1) is 20.8. The summed E-state index contributed by atoms with van der Waals surface area (Å²) in [6, 6.07) is -0.261. The van der Waals surface area contributed by atoms with Gasteiger partial charge in [-0.2, -0.15) is 5.10 Å². The van der Waals surface area contributed by atoms with E-state index in [2.05, 4.69) is 25.4 Å². The van der Waals surface area contributed by atoms with E-state index in [1.54, 1.807) is 13.8 Å². The minimum absolute atomic E-state index is 0.0833. The summed E-state index contributed by atoms with van der Waals surface area (Å²) in [7, 11) is -2.29. The summed E-state index contributed by atoms with van der Waals surface area (Å²) >= 11 is 0. The van der Waals surface area contributed by atoms with Crippen molar-refractivity contribution >= 4 is 21.6 Å². The van der Waals surface area contributed by atoms with Gasteiger partial charge in [-0.25, -0.2) is 13.1 Å². The Hall–Kier alpha value is -2.21. The van der Waals surface area contributed by atoms with Gasteiger partial charge in [0.05, 0.1) is 20.9 Å². The summed E-state index contributed by atoms with van der Waals surface area (Å²) in [4.78, 5) is 14.8. The molecule has 0 aromatic carbocycles. The van der Waals surface area contributed by atoms with E-state index in [9.17, 15) is 13.2 Å². The predicted octanol–water partition coefficient (Wildman–Crippen LogP) is 2.34. The Morgan fingerprint density at radius 2 is 2.29 bits per heavy atom. The number of hydrogen-bond acceptors (Lipinski definition) is 7. The van der Waals surface area contributed by atoms with Gasteiger partial charge in [0.2, 0.25) is 10.0 Å². The zero-order chi connectivity index (χ0) is 35.1. The summed E-state index contributed by atoms with van der Waals surface area (Å²) in [6.45, 7) is -5.88. The molecule has 1 amide bonds. The standard InChI is InChI=1S/C24H40N6O4S/c1-6-14-34-22-10-9-19(35(32,33)26-12-11-18-8-7-13-29(18)4)15-20(22)28-21-16-25-30(5)23(21)24(31)27-17(2)3/h9,15-18,22,26,28H,6-8,10-14H2,1-5H3,(H,27,31)/i1D3,5D3,6D2,14D2,22D. The molecule has 1 aliphatic carbocycles. The molecule has 1 fully saturated rings. The van der Waals surface area contributed by atoms with E-state index in [1.807, 2.05) is 7.05 Å². The summed E-state index contributed by atoms with van der Waals surface area (Å²) < 4.78 is 122. The van der Waals surface area contributed by atoms with Gasteiger partial charge in [0.25, 0.3) is 5.91 Å². The van der Waals surface area contributed by atoms with Gasteiger partial charge in [-0.15, -0.1) is 0 Å². The second kappa shape index (κ2) is 12.2. The molecule has 0 bridgehead atoms. The van der Waals surface area contributed by atoms with Crippen molar-refractivity contribution in [2.75, 3.05) is 32.0 Å². The van der Waals surface area contributed by atoms with Gasteiger partial charge in [0, 0.05) is 48.8 Å². The highest BCUT2D eigenvalue weighted by Gasteiger charge is 2.28. The molecule has 1 saturated heterocycles. The summed E-state index contributed by atoms with van der Waals surface area (Å²) in [5, 5.41) is 8.90. The van der Waals surface area contributed by atoms with Crippen LogP contribution < -0.4 is 15.4 Å². The lowest BCUT2D eigenvalue weighted by molar-refractivity contribution is 0.0797. The number of hydrogen-bond donors (Lipinski definition) is 3. The number of nitrogens with one attached hydrogen (secondary N) is 3. The van der Waals surface area contributed by atoms with E-state index in [0.717, 1.165) is 37.7 Å². The number of allylic oxidation sites excluding steroid dienone is 1. The lowest BCUT2D eigenvalue weighted by Crippen LogP contribution is -2.34. The van der Waals surface area contributed by atoms with E-state index in [0.29, 0.717) is 11.1 Å². The van der Waals surface area contributed by atoms with Crippen molar-refractivity contribution in [1.29, 1.82) is 0 Å². The Labute approximate surface area is 224 Å². The molecule has 2 aliphatic rings. The Balaban J connectivity index is 2.06. The number of aryl methyl sites for hydroxylation is 1. The van der Waals surface area contributed by atoms with Gasteiger partial charge >= 0.3 is 0 Å². The van der Waals surface area contributed by atoms with Crippen LogP contribution in [-0.2, 0) is 21.7 Å². The first-order valence-corrected chi connectivity index (χ1v) is 12.8. The number of likely N-dealkylation sites (tertiary alicyclic amines) is 1. The topological polar surface area (TPSA) is 118 Å². The smallest absolute Gasteiger partial charge is 0.271 e. The van der Waals surface area contributed by atoms with Crippen LogP contribution in [0.1, 0.15) is 78.3 Å². The monoisotopic (exact) mass is 519 g/mol. The third-order valence-corrected chi connectivity index (χ3v) is 7.22. The normalized spacial score (nSPS) is 29.5. The largest absolute Gasteiger partial charge is 0.372 e. The van der Waals surface area contributed by atoms with Crippen molar-refractivity contribution in [3.05, 3.63) is 34.6 Å². The fourth-order valence-corrected chi connectivity index (χ4v) is 5.11. The number of amides is 1. The zero-order valence-electron chi connectivity index (χ0n) is 31.0. The molecule has 3 N–H and O–H groups in total. The van der Waals surface area contributed by atoms with Gasteiger partial charge in [-0.05, 0) is 65.6 Å². The SMILES string of the molecule is [2H]C1(OC([2H])([2H])C([2H])([2H])C([2H])([2H])[2H])CC=C(S(=O)(=O)NCCC2CCCN2C)C=C1Nc1cnn(C([2H])([2H])[2H])c1C(=O)NC(C)C. The van der Waals surface area contributed by atoms with Crippen LogP contribution in [0.25, 0.3) is 0 Å². The number of carbonyl (C=O) groups excluding carboxylic acids is 1. The van der Waals surface area contributed by atoms with Crippen molar-refractivity contribution in [3.63, 3.8) is 0 Å². The van der Waals surface area contributed by atoms with Crippen LogP contribution in [0.2, 0.25) is 0 Å². The average Bonchev–Trinajstić information content (AvgIpc) is 3.49. The minimum atomic E-state index is -4.23. The maximum atomic E-state index is 13.3. The minimum Gasteiger partial charge on any atom is -0.372 e. The highest BCUT2D eigenvalue weighted by atomic mass is 32.2. The van der Waals surface area contributed by atoms with Crippen LogP contribution in [0.4, 0.5) is 5.69 Å². The van der Waals surface area contributed by atoms with Crippen LogP contribution >= 0.6 is 0 Å². The number of sulfonamides is 1. The van der Waals surface area contributed by atoms with Gasteiger partial charge < -0.3 is 20.3 Å². The molecule has 35 heavy (non-hydrogen) atoms. The van der Waals surface area contributed by atoms with Crippen molar-refractivity contribution in [1.82, 2.24) is 24.7 Å². The lowest BCUT2D eigenvalue weighted by atomic mass is 10.1. The zero-order valence-corrected chi connectivity index (χ0v) is 20.8. The molecule has 2 heterocycles.